The van der Waals surface area contributed by atoms with Crippen LogP contribution in [-0.4, -0.2) is 27.2 Å². The van der Waals surface area contributed by atoms with Gasteiger partial charge in [0.15, 0.2) is 0 Å². The molecular formula is C4H10NO3S2-. The van der Waals surface area contributed by atoms with E-state index < -0.39 is 11.4 Å². The van der Waals surface area contributed by atoms with E-state index in [1.54, 1.807) is 0 Å². The molecule has 0 fully saturated rings. The summed E-state index contributed by atoms with van der Waals surface area (Å²) in [5, 5.41) is 0. The monoisotopic (exact) mass is 184 g/mol. The molecule has 4 nitrogen and oxygen atoms in total. The normalized spacial score (nSPS) is 16.7. The Morgan fingerprint density at radius 3 is 2.80 bits per heavy atom. The molecule has 0 bridgehead atoms. The number of thiol groups is 1. The highest BCUT2D eigenvalue weighted by atomic mass is 32.2. The van der Waals surface area contributed by atoms with E-state index >= 15 is 0 Å². The van der Waals surface area contributed by atoms with Crippen LogP contribution in [0.2, 0.25) is 0 Å². The van der Waals surface area contributed by atoms with Gasteiger partial charge < -0.3 is 14.5 Å². The molecule has 0 saturated carbocycles. The molecule has 2 unspecified atom stereocenters. The first-order valence-corrected chi connectivity index (χ1v) is 4.39. The van der Waals surface area contributed by atoms with Crippen molar-refractivity contribution in [1.29, 1.82) is 0 Å². The van der Waals surface area contributed by atoms with Crippen LogP contribution in [0.15, 0.2) is 0 Å². The zero-order valence-electron chi connectivity index (χ0n) is 5.36. The fourth-order valence-corrected chi connectivity index (χ4v) is 0.774. The Morgan fingerprint density at radius 1 is 1.80 bits per heavy atom. The molecule has 0 aromatic carbocycles. The molecule has 0 radical (unpaired) electrons. The lowest BCUT2D eigenvalue weighted by molar-refractivity contribution is 0.289. The van der Waals surface area contributed by atoms with Gasteiger partial charge >= 0.3 is 0 Å². The van der Waals surface area contributed by atoms with E-state index in [0.29, 0.717) is 12.2 Å². The highest BCUT2D eigenvalue weighted by molar-refractivity contribution is 7.80. The SMILES string of the molecule is NC(CS)CCOS(=O)[O-]. The third-order valence-corrected chi connectivity index (χ3v) is 1.73. The maximum absolute atomic E-state index is 9.79. The average Bonchev–Trinajstić information content (AvgIpc) is 1.87. The van der Waals surface area contributed by atoms with Crippen molar-refractivity contribution in [3.8, 4) is 0 Å². The Hall–Kier alpha value is 0.380. The van der Waals surface area contributed by atoms with Crippen molar-refractivity contribution < 1.29 is 12.9 Å². The minimum Gasteiger partial charge on any atom is -0.750 e. The van der Waals surface area contributed by atoms with E-state index in [1.807, 2.05) is 0 Å². The molecule has 0 rings (SSSR count). The average molecular weight is 184 g/mol. The molecule has 0 aliphatic carbocycles. The summed E-state index contributed by atoms with van der Waals surface area (Å²) < 4.78 is 23.8. The molecule has 2 N–H and O–H groups in total. The van der Waals surface area contributed by atoms with Crippen LogP contribution in [0.3, 0.4) is 0 Å². The molecule has 0 aliphatic rings. The van der Waals surface area contributed by atoms with Crippen LogP contribution in [-0.2, 0) is 15.5 Å². The number of hydrogen-bond donors (Lipinski definition) is 2. The van der Waals surface area contributed by atoms with Gasteiger partial charge in [0.05, 0.1) is 18.0 Å². The lowest BCUT2D eigenvalue weighted by Crippen LogP contribution is -2.23. The minimum atomic E-state index is -2.41. The fourth-order valence-electron chi connectivity index (χ4n) is 0.359. The molecule has 0 aliphatic heterocycles. The third-order valence-electron chi connectivity index (χ3n) is 0.903. The molecule has 0 aromatic rings. The van der Waals surface area contributed by atoms with Gasteiger partial charge in [-0.3, -0.25) is 0 Å². The molecular weight excluding hydrogens is 174 g/mol. The summed E-state index contributed by atoms with van der Waals surface area (Å²) in [7, 11) is 0. The second-order valence-corrected chi connectivity index (χ2v) is 2.77. The first-order valence-electron chi connectivity index (χ1n) is 2.75. The highest BCUT2D eigenvalue weighted by Crippen LogP contribution is 1.92. The second-order valence-electron chi connectivity index (χ2n) is 1.76. The van der Waals surface area contributed by atoms with E-state index in [1.165, 1.54) is 0 Å². The van der Waals surface area contributed by atoms with E-state index in [-0.39, 0.29) is 12.6 Å². The van der Waals surface area contributed by atoms with Crippen LogP contribution < -0.4 is 5.73 Å². The second kappa shape index (κ2) is 6.11. The van der Waals surface area contributed by atoms with Gasteiger partial charge in [0.1, 0.15) is 0 Å². The van der Waals surface area contributed by atoms with Gasteiger partial charge in [0.2, 0.25) is 0 Å². The largest absolute Gasteiger partial charge is 0.750 e. The van der Waals surface area contributed by atoms with Crippen LogP contribution >= 0.6 is 12.6 Å². The van der Waals surface area contributed by atoms with Crippen LogP contribution in [0, 0.1) is 0 Å². The summed E-state index contributed by atoms with van der Waals surface area (Å²) in [6, 6.07) is -0.0908. The van der Waals surface area contributed by atoms with Crippen LogP contribution in [0.4, 0.5) is 0 Å². The Bertz CT molecular complexity index is 111. The van der Waals surface area contributed by atoms with Gasteiger partial charge in [-0.05, 0) is 6.42 Å². The van der Waals surface area contributed by atoms with Gasteiger partial charge in [-0.1, -0.05) is 0 Å². The topological polar surface area (TPSA) is 75.4 Å². The minimum absolute atomic E-state index is 0.0908. The Balaban J connectivity index is 3.11. The summed E-state index contributed by atoms with van der Waals surface area (Å²) in [5.74, 6) is 0.537. The van der Waals surface area contributed by atoms with Gasteiger partial charge in [-0.15, -0.1) is 0 Å². The predicted octanol–water partition coefficient (Wildman–Crippen LogP) is -0.556. The molecule has 0 amide bonds. The maximum Gasteiger partial charge on any atom is 0.0842 e. The van der Waals surface area contributed by atoms with Crippen molar-refractivity contribution in [3.63, 3.8) is 0 Å². The molecule has 0 heterocycles. The zero-order valence-corrected chi connectivity index (χ0v) is 7.07. The third kappa shape index (κ3) is 6.50. The van der Waals surface area contributed by atoms with Crippen LogP contribution in [0.5, 0.6) is 0 Å². The first-order chi connectivity index (χ1) is 4.66. The van der Waals surface area contributed by atoms with Crippen molar-refractivity contribution in [3.05, 3.63) is 0 Å². The molecule has 10 heavy (non-hydrogen) atoms. The molecule has 62 valence electrons. The maximum atomic E-state index is 9.79. The zero-order chi connectivity index (χ0) is 7.98. The van der Waals surface area contributed by atoms with E-state index in [2.05, 4.69) is 16.8 Å². The van der Waals surface area contributed by atoms with Crippen molar-refractivity contribution in [2.24, 2.45) is 5.73 Å². The van der Waals surface area contributed by atoms with Crippen molar-refractivity contribution >= 4 is 24.0 Å². The summed E-state index contributed by atoms with van der Waals surface area (Å²) in [5.41, 5.74) is 5.40. The smallest absolute Gasteiger partial charge is 0.0842 e. The summed E-state index contributed by atoms with van der Waals surface area (Å²) in [6.07, 6.45) is 0.511. The summed E-state index contributed by atoms with van der Waals surface area (Å²) in [4.78, 5) is 0. The van der Waals surface area contributed by atoms with Gasteiger partial charge in [0.25, 0.3) is 0 Å². The van der Waals surface area contributed by atoms with Gasteiger partial charge in [-0.2, -0.15) is 12.6 Å². The fraction of sp³-hybridized carbons (Fsp3) is 1.00. The molecule has 6 heteroatoms. The number of rotatable bonds is 5. The predicted molar refractivity (Wildman–Crippen MR) is 41.3 cm³/mol. The van der Waals surface area contributed by atoms with Crippen molar-refractivity contribution in [2.45, 2.75) is 12.5 Å². The van der Waals surface area contributed by atoms with Gasteiger partial charge in [0, 0.05) is 11.8 Å². The standard InChI is InChI=1S/C4H11NO3S2/c5-4(3-9)1-2-8-10(6)7/h4,9H,1-3,5H2,(H,6,7)/p-1. The number of nitrogens with two attached hydrogens (primary N) is 1. The van der Waals surface area contributed by atoms with E-state index in [0.717, 1.165) is 0 Å². The molecule has 2 atom stereocenters. The highest BCUT2D eigenvalue weighted by Gasteiger charge is 1.97. The van der Waals surface area contributed by atoms with Crippen LogP contribution in [0.1, 0.15) is 6.42 Å². The summed E-state index contributed by atoms with van der Waals surface area (Å²) >= 11 is 1.49. The lowest BCUT2D eigenvalue weighted by Gasteiger charge is -2.08. The summed E-state index contributed by atoms with van der Waals surface area (Å²) in [6.45, 7) is 0.137. The first kappa shape index (κ1) is 10.4. The van der Waals surface area contributed by atoms with Crippen molar-refractivity contribution in [2.75, 3.05) is 12.4 Å². The van der Waals surface area contributed by atoms with E-state index in [9.17, 15) is 8.76 Å². The van der Waals surface area contributed by atoms with Crippen molar-refractivity contribution in [1.82, 2.24) is 0 Å². The quantitative estimate of drug-likeness (QED) is 0.444. The molecule has 0 aromatic heterocycles. The Labute approximate surface area is 68.0 Å². The Kier molecular flexibility index (Phi) is 6.35. The van der Waals surface area contributed by atoms with E-state index in [4.69, 9.17) is 5.73 Å². The molecule has 0 spiro atoms. The molecule has 0 saturated heterocycles. The van der Waals surface area contributed by atoms with Gasteiger partial charge in [-0.25, -0.2) is 4.21 Å². The Morgan fingerprint density at radius 2 is 2.40 bits per heavy atom. The lowest BCUT2D eigenvalue weighted by atomic mass is 10.3. The number of hydrogen-bond acceptors (Lipinski definition) is 5. The van der Waals surface area contributed by atoms with Crippen LogP contribution in [0.25, 0.3) is 0 Å².